The van der Waals surface area contributed by atoms with E-state index >= 15 is 0 Å². The van der Waals surface area contributed by atoms with Crippen molar-refractivity contribution in [3.8, 4) is 28.4 Å². The highest BCUT2D eigenvalue weighted by Crippen LogP contribution is 2.24. The first-order valence-electron chi connectivity index (χ1n) is 9.84. The molecule has 2 heterocycles. The zero-order valence-corrected chi connectivity index (χ0v) is 17.8. The summed E-state index contributed by atoms with van der Waals surface area (Å²) in [6, 6.07) is 16.7. The van der Waals surface area contributed by atoms with E-state index in [1.807, 2.05) is 55.5 Å². The first-order valence-corrected chi connectivity index (χ1v) is 9.84. The van der Waals surface area contributed by atoms with Crippen molar-refractivity contribution in [1.82, 2.24) is 25.2 Å². The van der Waals surface area contributed by atoms with E-state index in [1.165, 1.54) is 0 Å². The molecule has 8 nitrogen and oxygen atoms in total. The molecule has 0 saturated heterocycles. The molecule has 0 fully saturated rings. The highest BCUT2D eigenvalue weighted by Gasteiger charge is 2.21. The Morgan fingerprint density at radius 3 is 2.61 bits per heavy atom. The van der Waals surface area contributed by atoms with Crippen molar-refractivity contribution in [2.24, 2.45) is 7.05 Å². The second kappa shape index (κ2) is 8.43. The number of nitrogens with one attached hydrogen (secondary N) is 1. The van der Waals surface area contributed by atoms with Gasteiger partial charge in [-0.15, -0.1) is 0 Å². The maximum Gasteiger partial charge on any atom is 0.272 e. The predicted molar refractivity (Wildman–Crippen MR) is 116 cm³/mol. The van der Waals surface area contributed by atoms with Crippen molar-refractivity contribution >= 4 is 5.91 Å². The zero-order valence-electron chi connectivity index (χ0n) is 17.8. The Hall–Kier alpha value is -3.94. The number of carbonyl (C=O) groups is 1. The smallest absolute Gasteiger partial charge is 0.272 e. The van der Waals surface area contributed by atoms with Gasteiger partial charge in [0.25, 0.3) is 5.91 Å². The van der Waals surface area contributed by atoms with Gasteiger partial charge in [0, 0.05) is 18.2 Å². The van der Waals surface area contributed by atoms with Crippen molar-refractivity contribution in [2.45, 2.75) is 19.9 Å². The first kappa shape index (κ1) is 20.3. The molecule has 0 bridgehead atoms. The van der Waals surface area contributed by atoms with Gasteiger partial charge >= 0.3 is 0 Å². The van der Waals surface area contributed by atoms with Crippen LogP contribution < -0.4 is 10.1 Å². The van der Waals surface area contributed by atoms with Crippen LogP contribution >= 0.6 is 0 Å². The molecule has 0 aliphatic carbocycles. The van der Waals surface area contributed by atoms with Crippen LogP contribution in [-0.4, -0.2) is 32.9 Å². The molecule has 4 rings (SSSR count). The van der Waals surface area contributed by atoms with Crippen molar-refractivity contribution < 1.29 is 14.1 Å². The lowest BCUT2D eigenvalue weighted by Crippen LogP contribution is -2.27. The molecule has 4 aromatic rings. The van der Waals surface area contributed by atoms with Crippen LogP contribution in [0.15, 0.2) is 59.1 Å². The van der Waals surface area contributed by atoms with Crippen LogP contribution in [0.4, 0.5) is 0 Å². The molecule has 0 radical (unpaired) electrons. The fourth-order valence-corrected chi connectivity index (χ4v) is 3.25. The number of nitrogens with zero attached hydrogens (tertiary/aromatic N) is 4. The molecule has 31 heavy (non-hydrogen) atoms. The highest BCUT2D eigenvalue weighted by molar-refractivity contribution is 5.93. The number of carbonyl (C=O) groups excluding carboxylic acids is 1. The van der Waals surface area contributed by atoms with Gasteiger partial charge in [-0.25, -0.2) is 0 Å². The number of aryl methyl sites for hydroxylation is 2. The van der Waals surface area contributed by atoms with Gasteiger partial charge in [0.1, 0.15) is 11.8 Å². The number of ether oxygens (including phenoxy) is 1. The van der Waals surface area contributed by atoms with Gasteiger partial charge in [0.15, 0.2) is 5.69 Å². The predicted octanol–water partition coefficient (Wildman–Crippen LogP) is 3.95. The lowest BCUT2D eigenvalue weighted by molar-refractivity contribution is 0.0926. The monoisotopic (exact) mass is 417 g/mol. The normalized spacial score (nSPS) is 11.9. The van der Waals surface area contributed by atoms with E-state index in [0.29, 0.717) is 17.4 Å². The fraction of sp³-hybridized carbons (Fsp3) is 0.217. The molecule has 0 spiro atoms. The fourth-order valence-electron chi connectivity index (χ4n) is 3.25. The number of methoxy groups -OCH3 is 1. The van der Waals surface area contributed by atoms with E-state index in [2.05, 4.69) is 20.6 Å². The summed E-state index contributed by atoms with van der Waals surface area (Å²) in [4.78, 5) is 17.2. The zero-order chi connectivity index (χ0) is 22.0. The van der Waals surface area contributed by atoms with E-state index in [-0.39, 0.29) is 5.91 Å². The average Bonchev–Trinajstić information content (AvgIpc) is 3.41. The molecule has 1 atom stereocenters. The number of rotatable bonds is 6. The minimum Gasteiger partial charge on any atom is -0.497 e. The molecule has 2 aromatic heterocycles. The largest absolute Gasteiger partial charge is 0.497 e. The van der Waals surface area contributed by atoms with Gasteiger partial charge in [0.2, 0.25) is 11.7 Å². The molecule has 2 aromatic carbocycles. The summed E-state index contributed by atoms with van der Waals surface area (Å²) in [6.07, 6.45) is 0. The van der Waals surface area contributed by atoms with Crippen molar-refractivity contribution in [2.75, 3.05) is 7.11 Å². The topological polar surface area (TPSA) is 95.1 Å². The highest BCUT2D eigenvalue weighted by atomic mass is 16.5. The Labute approximate surface area is 179 Å². The number of aromatic nitrogens is 4. The molecule has 0 saturated carbocycles. The van der Waals surface area contributed by atoms with Crippen LogP contribution in [0, 0.1) is 6.92 Å². The Balaban J connectivity index is 1.48. The van der Waals surface area contributed by atoms with Gasteiger partial charge in [-0.1, -0.05) is 28.9 Å². The maximum atomic E-state index is 12.8. The molecule has 158 valence electrons. The second-order valence-electron chi connectivity index (χ2n) is 7.29. The summed E-state index contributed by atoms with van der Waals surface area (Å²) < 4.78 is 12.2. The third-order valence-electron chi connectivity index (χ3n) is 4.93. The third kappa shape index (κ3) is 4.32. The molecular weight excluding hydrogens is 394 g/mol. The lowest BCUT2D eigenvalue weighted by atomic mass is 10.1. The van der Waals surface area contributed by atoms with Crippen LogP contribution in [0.2, 0.25) is 0 Å². The Bertz CT molecular complexity index is 1210. The molecule has 8 heteroatoms. The summed E-state index contributed by atoms with van der Waals surface area (Å²) in [7, 11) is 3.42. The summed E-state index contributed by atoms with van der Waals surface area (Å²) in [6.45, 7) is 3.79. The van der Waals surface area contributed by atoms with Crippen LogP contribution in [-0.2, 0) is 7.05 Å². The van der Waals surface area contributed by atoms with E-state index in [4.69, 9.17) is 9.26 Å². The van der Waals surface area contributed by atoms with Crippen molar-refractivity contribution in [1.29, 1.82) is 0 Å². The standard InChI is InChI=1S/C23H23N5O3/c1-14-6-5-7-17(12-14)21-25-23(31-27-21)15(2)24-22(29)19-13-20(28(3)26-19)16-8-10-18(30-4)11-9-16/h5-13,15H,1-4H3,(H,24,29). The van der Waals surface area contributed by atoms with Gasteiger partial charge in [-0.05, 0) is 50.2 Å². The summed E-state index contributed by atoms with van der Waals surface area (Å²) in [5, 5.41) is 11.2. The van der Waals surface area contributed by atoms with Gasteiger partial charge in [-0.2, -0.15) is 10.1 Å². The molecule has 0 aliphatic heterocycles. The molecular formula is C23H23N5O3. The number of hydrogen-bond donors (Lipinski definition) is 1. The van der Waals surface area contributed by atoms with Crippen LogP contribution in [0.5, 0.6) is 5.75 Å². The van der Waals surface area contributed by atoms with Crippen molar-refractivity contribution in [3.63, 3.8) is 0 Å². The quantitative estimate of drug-likeness (QED) is 0.510. The molecule has 1 unspecified atom stereocenters. The van der Waals surface area contributed by atoms with E-state index < -0.39 is 6.04 Å². The van der Waals surface area contributed by atoms with Gasteiger partial charge in [0.05, 0.1) is 12.8 Å². The van der Waals surface area contributed by atoms with Gasteiger partial charge < -0.3 is 14.6 Å². The van der Waals surface area contributed by atoms with Crippen LogP contribution in [0.3, 0.4) is 0 Å². The molecule has 0 aliphatic rings. The van der Waals surface area contributed by atoms with E-state index in [0.717, 1.165) is 28.1 Å². The Morgan fingerprint density at radius 2 is 1.90 bits per heavy atom. The SMILES string of the molecule is COc1ccc(-c2cc(C(=O)NC(C)c3nc(-c4cccc(C)c4)no3)nn2C)cc1. The Morgan fingerprint density at radius 1 is 1.13 bits per heavy atom. The Kier molecular flexibility index (Phi) is 5.53. The van der Waals surface area contributed by atoms with Gasteiger partial charge in [-0.3, -0.25) is 9.48 Å². The van der Waals surface area contributed by atoms with Crippen LogP contribution in [0.25, 0.3) is 22.6 Å². The molecule has 1 N–H and O–H groups in total. The minimum atomic E-state index is -0.468. The second-order valence-corrected chi connectivity index (χ2v) is 7.29. The summed E-state index contributed by atoms with van der Waals surface area (Å²) in [5.74, 6) is 1.26. The average molecular weight is 417 g/mol. The van der Waals surface area contributed by atoms with Crippen molar-refractivity contribution in [3.05, 3.63) is 71.7 Å². The third-order valence-corrected chi connectivity index (χ3v) is 4.93. The number of hydrogen-bond acceptors (Lipinski definition) is 6. The molecule has 1 amide bonds. The van der Waals surface area contributed by atoms with E-state index in [1.54, 1.807) is 31.8 Å². The summed E-state index contributed by atoms with van der Waals surface area (Å²) in [5.41, 5.74) is 4.02. The maximum absolute atomic E-state index is 12.8. The minimum absolute atomic E-state index is 0.304. The van der Waals surface area contributed by atoms with E-state index in [9.17, 15) is 4.79 Å². The first-order chi connectivity index (χ1) is 14.9. The summed E-state index contributed by atoms with van der Waals surface area (Å²) >= 11 is 0. The number of benzene rings is 2. The lowest BCUT2D eigenvalue weighted by Gasteiger charge is -2.07. The number of amides is 1. The van der Waals surface area contributed by atoms with Crippen LogP contribution in [0.1, 0.15) is 34.9 Å².